The first kappa shape index (κ1) is 12.2. The third-order valence-corrected chi connectivity index (χ3v) is 3.08. The van der Waals surface area contributed by atoms with Gasteiger partial charge in [-0.2, -0.15) is 5.26 Å². The van der Waals surface area contributed by atoms with Crippen LogP contribution in [0.2, 0.25) is 0 Å². The van der Waals surface area contributed by atoms with Crippen molar-refractivity contribution in [2.45, 2.75) is 20.4 Å². The number of nitrogens with zero attached hydrogens (tertiary/aromatic N) is 1. The molecule has 0 saturated heterocycles. The van der Waals surface area contributed by atoms with Crippen LogP contribution in [-0.4, -0.2) is 0 Å². The topological polar surface area (TPSA) is 35.8 Å². The van der Waals surface area contributed by atoms with E-state index in [1.165, 1.54) is 16.7 Å². The molecule has 0 bridgehead atoms. The number of nitrogens with one attached hydrogen (secondary N) is 1. The zero-order valence-electron chi connectivity index (χ0n) is 10.7. The first-order valence-corrected chi connectivity index (χ1v) is 5.99. The Balaban J connectivity index is 2.02. The number of rotatable bonds is 3. The molecule has 0 aliphatic rings. The molecule has 2 heteroatoms. The van der Waals surface area contributed by atoms with Gasteiger partial charge in [0.1, 0.15) is 0 Å². The molecule has 90 valence electrons. The maximum Gasteiger partial charge on any atom is 0.0991 e. The number of nitriles is 1. The van der Waals surface area contributed by atoms with Crippen molar-refractivity contribution in [3.8, 4) is 6.07 Å². The Kier molecular flexibility index (Phi) is 3.64. The molecule has 0 saturated carbocycles. The normalized spacial score (nSPS) is 9.83. The van der Waals surface area contributed by atoms with E-state index in [4.69, 9.17) is 5.26 Å². The molecule has 2 aromatic carbocycles. The molecule has 0 amide bonds. The van der Waals surface area contributed by atoms with E-state index < -0.39 is 0 Å². The molecule has 2 aromatic rings. The summed E-state index contributed by atoms with van der Waals surface area (Å²) in [6.45, 7) is 5.04. The third kappa shape index (κ3) is 2.89. The highest BCUT2D eigenvalue weighted by Gasteiger charge is 1.97. The van der Waals surface area contributed by atoms with Crippen molar-refractivity contribution in [3.63, 3.8) is 0 Å². The van der Waals surface area contributed by atoms with E-state index in [9.17, 15) is 0 Å². The van der Waals surface area contributed by atoms with Crippen LogP contribution in [0.15, 0.2) is 42.5 Å². The smallest absolute Gasteiger partial charge is 0.0991 e. The van der Waals surface area contributed by atoms with Crippen LogP contribution in [0.25, 0.3) is 0 Å². The van der Waals surface area contributed by atoms with Gasteiger partial charge in [0.15, 0.2) is 0 Å². The first-order valence-electron chi connectivity index (χ1n) is 5.99. The van der Waals surface area contributed by atoms with Crippen LogP contribution in [0.3, 0.4) is 0 Å². The lowest BCUT2D eigenvalue weighted by molar-refractivity contribution is 1.13. The molecule has 0 aliphatic heterocycles. The molecule has 0 spiro atoms. The first-order chi connectivity index (χ1) is 8.69. The summed E-state index contributed by atoms with van der Waals surface area (Å²) in [5.41, 5.74) is 5.62. The fourth-order valence-electron chi connectivity index (χ4n) is 1.78. The van der Waals surface area contributed by atoms with Crippen LogP contribution in [0.4, 0.5) is 5.69 Å². The van der Waals surface area contributed by atoms with Crippen LogP contribution in [0, 0.1) is 25.2 Å². The van der Waals surface area contributed by atoms with Crippen LogP contribution in [0.1, 0.15) is 22.3 Å². The zero-order chi connectivity index (χ0) is 13.0. The van der Waals surface area contributed by atoms with Gasteiger partial charge in [0.25, 0.3) is 0 Å². The van der Waals surface area contributed by atoms with Gasteiger partial charge in [-0.3, -0.25) is 0 Å². The van der Waals surface area contributed by atoms with Crippen molar-refractivity contribution in [3.05, 3.63) is 64.7 Å². The van der Waals surface area contributed by atoms with Gasteiger partial charge in [-0.1, -0.05) is 18.2 Å². The summed E-state index contributed by atoms with van der Waals surface area (Å²) in [6.07, 6.45) is 0. The Hall–Kier alpha value is -2.27. The minimum atomic E-state index is 0.687. The van der Waals surface area contributed by atoms with Gasteiger partial charge in [0.2, 0.25) is 0 Å². The summed E-state index contributed by atoms with van der Waals surface area (Å²) in [4.78, 5) is 0. The van der Waals surface area contributed by atoms with Gasteiger partial charge < -0.3 is 5.32 Å². The highest BCUT2D eigenvalue weighted by atomic mass is 14.9. The predicted molar refractivity (Wildman–Crippen MR) is 74.4 cm³/mol. The lowest BCUT2D eigenvalue weighted by atomic mass is 10.1. The Morgan fingerprint density at radius 1 is 1.00 bits per heavy atom. The minimum absolute atomic E-state index is 0.687. The molecule has 0 unspecified atom stereocenters. The maximum atomic E-state index is 8.72. The Labute approximate surface area is 108 Å². The van der Waals surface area contributed by atoms with Crippen LogP contribution < -0.4 is 5.32 Å². The van der Waals surface area contributed by atoms with Crippen molar-refractivity contribution >= 4 is 5.69 Å². The number of anilines is 1. The van der Waals surface area contributed by atoms with Crippen molar-refractivity contribution in [2.75, 3.05) is 5.32 Å². The highest BCUT2D eigenvalue weighted by Crippen LogP contribution is 2.13. The number of aryl methyl sites for hydroxylation is 2. The largest absolute Gasteiger partial charge is 0.381 e. The van der Waals surface area contributed by atoms with E-state index in [0.717, 1.165) is 12.2 Å². The van der Waals surface area contributed by atoms with Gasteiger partial charge >= 0.3 is 0 Å². The third-order valence-electron chi connectivity index (χ3n) is 3.08. The average molecular weight is 236 g/mol. The van der Waals surface area contributed by atoms with Crippen molar-refractivity contribution in [1.29, 1.82) is 5.26 Å². The van der Waals surface area contributed by atoms with Gasteiger partial charge in [0, 0.05) is 12.2 Å². The zero-order valence-corrected chi connectivity index (χ0v) is 10.7. The van der Waals surface area contributed by atoms with E-state index in [0.29, 0.717) is 5.56 Å². The van der Waals surface area contributed by atoms with Crippen molar-refractivity contribution in [1.82, 2.24) is 0 Å². The van der Waals surface area contributed by atoms with Crippen molar-refractivity contribution in [2.24, 2.45) is 0 Å². The Morgan fingerprint density at radius 2 is 1.72 bits per heavy atom. The summed E-state index contributed by atoms with van der Waals surface area (Å²) in [7, 11) is 0. The number of hydrogen-bond acceptors (Lipinski definition) is 2. The average Bonchev–Trinajstić information content (AvgIpc) is 2.41. The van der Waals surface area contributed by atoms with E-state index in [2.05, 4.69) is 43.4 Å². The molecule has 2 rings (SSSR count). The van der Waals surface area contributed by atoms with Crippen LogP contribution in [0.5, 0.6) is 0 Å². The minimum Gasteiger partial charge on any atom is -0.381 e. The standard InChI is InChI=1S/C16H16N2/c1-12-3-4-15(9-13(12)2)11-18-16-7-5-14(10-17)6-8-16/h3-9,18H,11H2,1-2H3. The number of benzene rings is 2. The molecule has 0 heterocycles. The Morgan fingerprint density at radius 3 is 2.33 bits per heavy atom. The molecule has 2 nitrogen and oxygen atoms in total. The SMILES string of the molecule is Cc1ccc(CNc2ccc(C#N)cc2)cc1C. The fourth-order valence-corrected chi connectivity index (χ4v) is 1.78. The molecule has 0 aromatic heterocycles. The van der Waals surface area contributed by atoms with Gasteiger partial charge in [-0.25, -0.2) is 0 Å². The number of hydrogen-bond donors (Lipinski definition) is 1. The second-order valence-electron chi connectivity index (χ2n) is 4.46. The quantitative estimate of drug-likeness (QED) is 0.880. The predicted octanol–water partition coefficient (Wildman–Crippen LogP) is 3.79. The molecule has 0 aliphatic carbocycles. The highest BCUT2D eigenvalue weighted by molar-refractivity contribution is 5.47. The van der Waals surface area contributed by atoms with Crippen LogP contribution in [-0.2, 0) is 6.54 Å². The van der Waals surface area contributed by atoms with Crippen molar-refractivity contribution < 1.29 is 0 Å². The maximum absolute atomic E-state index is 8.72. The molecule has 0 atom stereocenters. The fraction of sp³-hybridized carbons (Fsp3) is 0.188. The lowest BCUT2D eigenvalue weighted by Crippen LogP contribution is -1.99. The summed E-state index contributed by atoms with van der Waals surface area (Å²) in [5.74, 6) is 0. The summed E-state index contributed by atoms with van der Waals surface area (Å²) >= 11 is 0. The molecular weight excluding hydrogens is 220 g/mol. The van der Waals surface area contributed by atoms with E-state index in [1.807, 2.05) is 24.3 Å². The van der Waals surface area contributed by atoms with Gasteiger partial charge in [-0.15, -0.1) is 0 Å². The second-order valence-corrected chi connectivity index (χ2v) is 4.46. The van der Waals surface area contributed by atoms with Gasteiger partial charge in [-0.05, 0) is 54.8 Å². The van der Waals surface area contributed by atoms with E-state index in [1.54, 1.807) is 0 Å². The monoisotopic (exact) mass is 236 g/mol. The molecule has 18 heavy (non-hydrogen) atoms. The van der Waals surface area contributed by atoms with E-state index >= 15 is 0 Å². The summed E-state index contributed by atoms with van der Waals surface area (Å²) in [5, 5.41) is 12.1. The lowest BCUT2D eigenvalue weighted by Gasteiger charge is -2.08. The molecule has 0 radical (unpaired) electrons. The second kappa shape index (κ2) is 5.37. The van der Waals surface area contributed by atoms with Crippen LogP contribution >= 0.6 is 0 Å². The van der Waals surface area contributed by atoms with Gasteiger partial charge in [0.05, 0.1) is 11.6 Å². The summed E-state index contributed by atoms with van der Waals surface area (Å²) in [6, 6.07) is 16.1. The molecule has 0 fully saturated rings. The summed E-state index contributed by atoms with van der Waals surface area (Å²) < 4.78 is 0. The molecular formula is C16H16N2. The Bertz CT molecular complexity index is 577. The molecule has 1 N–H and O–H groups in total. The van der Waals surface area contributed by atoms with E-state index in [-0.39, 0.29) is 0 Å².